The first-order valence-corrected chi connectivity index (χ1v) is 7.25. The zero-order valence-electron chi connectivity index (χ0n) is 10.6. The van der Waals surface area contributed by atoms with Crippen molar-refractivity contribution in [2.75, 3.05) is 5.32 Å². The summed E-state index contributed by atoms with van der Waals surface area (Å²) in [5.74, 6) is -1.91. The van der Waals surface area contributed by atoms with Crippen molar-refractivity contribution in [1.29, 1.82) is 0 Å². The standard InChI is InChI=1S/C13H11FN2O4S/c14-8-4-5-11(12(17)6-8)13(18)16-9-2-1-3-10(7-9)21(15,19)20/h1-7,17H,(H,16,18)(H2,15,19,20). The highest BCUT2D eigenvalue weighted by atomic mass is 32.2. The second-order valence-electron chi connectivity index (χ2n) is 4.19. The van der Waals surface area contributed by atoms with Gasteiger partial charge in [0, 0.05) is 11.8 Å². The summed E-state index contributed by atoms with van der Waals surface area (Å²) in [6.07, 6.45) is 0. The number of sulfonamides is 1. The van der Waals surface area contributed by atoms with Crippen LogP contribution in [0.15, 0.2) is 47.4 Å². The van der Waals surface area contributed by atoms with Crippen molar-refractivity contribution < 1.29 is 22.7 Å². The maximum absolute atomic E-state index is 12.8. The number of hydrogen-bond acceptors (Lipinski definition) is 4. The summed E-state index contributed by atoms with van der Waals surface area (Å²) < 4.78 is 35.3. The van der Waals surface area contributed by atoms with Crippen molar-refractivity contribution in [2.45, 2.75) is 4.90 Å². The van der Waals surface area contributed by atoms with Crippen LogP contribution < -0.4 is 10.5 Å². The van der Waals surface area contributed by atoms with Crippen LogP contribution in [0.5, 0.6) is 5.75 Å². The van der Waals surface area contributed by atoms with Crippen LogP contribution in [-0.2, 0) is 10.0 Å². The number of amides is 1. The quantitative estimate of drug-likeness (QED) is 0.796. The van der Waals surface area contributed by atoms with Gasteiger partial charge in [0.25, 0.3) is 5.91 Å². The summed E-state index contributed by atoms with van der Waals surface area (Å²) in [6, 6.07) is 8.25. The maximum Gasteiger partial charge on any atom is 0.259 e. The van der Waals surface area contributed by atoms with Gasteiger partial charge in [0.2, 0.25) is 10.0 Å². The number of carbonyl (C=O) groups excluding carboxylic acids is 1. The Labute approximate surface area is 120 Å². The fraction of sp³-hybridized carbons (Fsp3) is 0. The first kappa shape index (κ1) is 14.9. The first-order chi connectivity index (χ1) is 9.77. The average molecular weight is 310 g/mol. The minimum atomic E-state index is -3.89. The van der Waals surface area contributed by atoms with E-state index >= 15 is 0 Å². The van der Waals surface area contributed by atoms with E-state index in [9.17, 15) is 22.7 Å². The van der Waals surface area contributed by atoms with Gasteiger partial charge in [-0.05, 0) is 30.3 Å². The number of benzene rings is 2. The van der Waals surface area contributed by atoms with Crippen LogP contribution in [-0.4, -0.2) is 19.4 Å². The molecule has 0 atom stereocenters. The normalized spacial score (nSPS) is 11.1. The number of aromatic hydroxyl groups is 1. The highest BCUT2D eigenvalue weighted by Crippen LogP contribution is 2.20. The second-order valence-corrected chi connectivity index (χ2v) is 5.75. The van der Waals surface area contributed by atoms with E-state index in [0.29, 0.717) is 0 Å². The van der Waals surface area contributed by atoms with E-state index in [0.717, 1.165) is 18.2 Å². The predicted molar refractivity (Wildman–Crippen MR) is 73.8 cm³/mol. The van der Waals surface area contributed by atoms with Gasteiger partial charge in [-0.15, -0.1) is 0 Å². The molecule has 0 radical (unpaired) electrons. The van der Waals surface area contributed by atoms with Gasteiger partial charge in [-0.2, -0.15) is 0 Å². The Morgan fingerprint density at radius 2 is 1.90 bits per heavy atom. The molecule has 0 unspecified atom stereocenters. The van der Waals surface area contributed by atoms with E-state index in [1.54, 1.807) is 0 Å². The monoisotopic (exact) mass is 310 g/mol. The number of carbonyl (C=O) groups is 1. The van der Waals surface area contributed by atoms with Crippen LogP contribution >= 0.6 is 0 Å². The third-order valence-corrected chi connectivity index (χ3v) is 3.54. The molecule has 1 amide bonds. The number of hydrogen-bond donors (Lipinski definition) is 3. The van der Waals surface area contributed by atoms with E-state index in [2.05, 4.69) is 5.32 Å². The van der Waals surface area contributed by atoms with Crippen LogP contribution in [0.4, 0.5) is 10.1 Å². The van der Waals surface area contributed by atoms with E-state index in [1.807, 2.05) is 0 Å². The van der Waals surface area contributed by atoms with Gasteiger partial charge in [0.1, 0.15) is 11.6 Å². The minimum absolute atomic E-state index is 0.141. The lowest BCUT2D eigenvalue weighted by molar-refractivity contribution is 0.102. The number of phenols is 1. The summed E-state index contributed by atoms with van der Waals surface area (Å²) >= 11 is 0. The number of nitrogens with one attached hydrogen (secondary N) is 1. The lowest BCUT2D eigenvalue weighted by Gasteiger charge is -2.08. The zero-order chi connectivity index (χ0) is 15.6. The van der Waals surface area contributed by atoms with Gasteiger partial charge in [0.15, 0.2) is 0 Å². The SMILES string of the molecule is NS(=O)(=O)c1cccc(NC(=O)c2ccc(F)cc2O)c1. The van der Waals surface area contributed by atoms with Gasteiger partial charge in [-0.1, -0.05) is 6.07 Å². The fourth-order valence-electron chi connectivity index (χ4n) is 1.65. The van der Waals surface area contributed by atoms with E-state index in [4.69, 9.17) is 5.14 Å². The molecule has 0 aliphatic heterocycles. The molecule has 0 aliphatic rings. The molecule has 0 spiro atoms. The van der Waals surface area contributed by atoms with E-state index < -0.39 is 27.5 Å². The molecule has 2 aromatic carbocycles. The lowest BCUT2D eigenvalue weighted by atomic mass is 10.2. The number of nitrogens with two attached hydrogens (primary N) is 1. The molecule has 0 bridgehead atoms. The molecule has 0 aliphatic carbocycles. The Bertz CT molecular complexity index is 806. The molecule has 0 fully saturated rings. The molecule has 0 saturated heterocycles. The molecule has 4 N–H and O–H groups in total. The number of phenolic OH excluding ortho intramolecular Hbond substituents is 1. The van der Waals surface area contributed by atoms with Crippen molar-refractivity contribution in [3.63, 3.8) is 0 Å². The number of primary sulfonamides is 1. The van der Waals surface area contributed by atoms with Gasteiger partial charge < -0.3 is 10.4 Å². The van der Waals surface area contributed by atoms with Gasteiger partial charge in [-0.3, -0.25) is 4.79 Å². The van der Waals surface area contributed by atoms with Crippen LogP contribution in [0.1, 0.15) is 10.4 Å². The average Bonchev–Trinajstić information content (AvgIpc) is 2.37. The zero-order valence-corrected chi connectivity index (χ0v) is 11.4. The summed E-state index contributed by atoms with van der Waals surface area (Å²) in [4.78, 5) is 11.8. The Kier molecular flexibility index (Phi) is 3.92. The third kappa shape index (κ3) is 3.56. The third-order valence-electron chi connectivity index (χ3n) is 2.62. The van der Waals surface area contributed by atoms with Crippen molar-refractivity contribution in [3.8, 4) is 5.75 Å². The first-order valence-electron chi connectivity index (χ1n) is 5.70. The molecular formula is C13H11FN2O4S. The molecule has 0 heterocycles. The molecule has 21 heavy (non-hydrogen) atoms. The Morgan fingerprint density at radius 3 is 2.52 bits per heavy atom. The molecule has 2 aromatic rings. The molecule has 0 aromatic heterocycles. The molecule has 0 saturated carbocycles. The van der Waals surface area contributed by atoms with Gasteiger partial charge >= 0.3 is 0 Å². The number of anilines is 1. The van der Waals surface area contributed by atoms with E-state index in [-0.39, 0.29) is 16.1 Å². The predicted octanol–water partition coefficient (Wildman–Crippen LogP) is 1.43. The molecule has 2 rings (SSSR count). The molecule has 8 heteroatoms. The van der Waals surface area contributed by atoms with Crippen LogP contribution in [0.25, 0.3) is 0 Å². The Morgan fingerprint density at radius 1 is 1.19 bits per heavy atom. The van der Waals surface area contributed by atoms with Crippen molar-refractivity contribution in [1.82, 2.24) is 0 Å². The smallest absolute Gasteiger partial charge is 0.259 e. The summed E-state index contributed by atoms with van der Waals surface area (Å²) in [6.45, 7) is 0. The minimum Gasteiger partial charge on any atom is -0.507 e. The molecule has 6 nitrogen and oxygen atoms in total. The summed E-state index contributed by atoms with van der Waals surface area (Å²) in [7, 11) is -3.89. The summed E-state index contributed by atoms with van der Waals surface area (Å²) in [5.41, 5.74) is 0.0349. The van der Waals surface area contributed by atoms with Gasteiger partial charge in [0.05, 0.1) is 10.5 Å². The van der Waals surface area contributed by atoms with Crippen LogP contribution in [0, 0.1) is 5.82 Å². The van der Waals surface area contributed by atoms with Crippen LogP contribution in [0.3, 0.4) is 0 Å². The fourth-order valence-corrected chi connectivity index (χ4v) is 2.21. The highest BCUT2D eigenvalue weighted by Gasteiger charge is 2.13. The van der Waals surface area contributed by atoms with Crippen molar-refractivity contribution >= 4 is 21.6 Å². The molecular weight excluding hydrogens is 299 g/mol. The second kappa shape index (κ2) is 5.51. The molecule has 110 valence electrons. The van der Waals surface area contributed by atoms with Crippen LogP contribution in [0.2, 0.25) is 0 Å². The Balaban J connectivity index is 2.28. The Hall–Kier alpha value is -2.45. The largest absolute Gasteiger partial charge is 0.507 e. The summed E-state index contributed by atoms with van der Waals surface area (Å²) in [5, 5.41) is 16.9. The number of halogens is 1. The topological polar surface area (TPSA) is 109 Å². The maximum atomic E-state index is 12.8. The van der Waals surface area contributed by atoms with Gasteiger partial charge in [-0.25, -0.2) is 17.9 Å². The van der Waals surface area contributed by atoms with Crippen molar-refractivity contribution in [2.24, 2.45) is 5.14 Å². The number of rotatable bonds is 3. The van der Waals surface area contributed by atoms with Crippen molar-refractivity contribution in [3.05, 3.63) is 53.8 Å². The highest BCUT2D eigenvalue weighted by molar-refractivity contribution is 7.89. The van der Waals surface area contributed by atoms with E-state index in [1.165, 1.54) is 24.3 Å². The lowest BCUT2D eigenvalue weighted by Crippen LogP contribution is -2.15.